The fourth-order valence-electron chi connectivity index (χ4n) is 3.64. The van der Waals surface area contributed by atoms with Gasteiger partial charge in [0.2, 0.25) is 0 Å². The molecule has 1 aromatic heterocycles. The molecule has 0 saturated heterocycles. The molecule has 2 rings (SSSR count). The number of nitrogens with zero attached hydrogens (tertiary/aromatic N) is 2. The first kappa shape index (κ1) is 16.3. The highest BCUT2D eigenvalue weighted by molar-refractivity contribution is 5.98. The zero-order valence-electron chi connectivity index (χ0n) is 14.1. The summed E-state index contributed by atoms with van der Waals surface area (Å²) in [4.78, 5) is 14.5. The predicted molar refractivity (Wildman–Crippen MR) is 88.2 cm³/mol. The lowest BCUT2D eigenvalue weighted by molar-refractivity contribution is 0.0971. The summed E-state index contributed by atoms with van der Waals surface area (Å²) >= 11 is 0. The standard InChI is InChI=1S/C18H30N2O/c1-5-19(6-2)12-8-9-14(3)20-15(4)13-16-17(20)10-7-11-18(16)21/h13-14H,5-12H2,1-4H3. The van der Waals surface area contributed by atoms with Crippen molar-refractivity contribution in [2.45, 2.75) is 65.8 Å². The molecule has 1 aromatic rings. The Morgan fingerprint density at radius 3 is 2.67 bits per heavy atom. The average Bonchev–Trinajstić information content (AvgIpc) is 2.81. The zero-order chi connectivity index (χ0) is 15.4. The van der Waals surface area contributed by atoms with Gasteiger partial charge in [0.1, 0.15) is 0 Å². The van der Waals surface area contributed by atoms with Gasteiger partial charge in [-0.05, 0) is 65.2 Å². The molecule has 0 amide bonds. The van der Waals surface area contributed by atoms with Crippen LogP contribution in [0.15, 0.2) is 6.07 Å². The van der Waals surface area contributed by atoms with Crippen molar-refractivity contribution >= 4 is 5.78 Å². The summed E-state index contributed by atoms with van der Waals surface area (Å²) in [5.41, 5.74) is 3.54. The third kappa shape index (κ3) is 3.57. The van der Waals surface area contributed by atoms with E-state index in [9.17, 15) is 4.79 Å². The van der Waals surface area contributed by atoms with Crippen molar-refractivity contribution in [2.75, 3.05) is 19.6 Å². The van der Waals surface area contributed by atoms with Gasteiger partial charge in [-0.25, -0.2) is 0 Å². The van der Waals surface area contributed by atoms with Gasteiger partial charge in [-0.2, -0.15) is 0 Å². The van der Waals surface area contributed by atoms with Crippen molar-refractivity contribution in [2.24, 2.45) is 0 Å². The van der Waals surface area contributed by atoms with Gasteiger partial charge in [0, 0.05) is 29.4 Å². The number of carbonyl (C=O) groups is 1. The van der Waals surface area contributed by atoms with Gasteiger partial charge >= 0.3 is 0 Å². The highest BCUT2D eigenvalue weighted by atomic mass is 16.1. The van der Waals surface area contributed by atoms with E-state index in [1.165, 1.54) is 30.8 Å². The second-order valence-electron chi connectivity index (χ2n) is 6.31. The Morgan fingerprint density at radius 2 is 2.00 bits per heavy atom. The molecule has 0 saturated carbocycles. The third-order valence-corrected chi connectivity index (χ3v) is 4.88. The van der Waals surface area contributed by atoms with Crippen molar-refractivity contribution in [3.63, 3.8) is 0 Å². The predicted octanol–water partition coefficient (Wildman–Crippen LogP) is 4.00. The second-order valence-corrected chi connectivity index (χ2v) is 6.31. The summed E-state index contributed by atoms with van der Waals surface area (Å²) in [6.07, 6.45) is 5.22. The minimum Gasteiger partial charge on any atom is -0.345 e. The summed E-state index contributed by atoms with van der Waals surface area (Å²) in [6, 6.07) is 2.60. The molecule has 0 bridgehead atoms. The van der Waals surface area contributed by atoms with Crippen LogP contribution in [0.5, 0.6) is 0 Å². The van der Waals surface area contributed by atoms with Crippen molar-refractivity contribution in [1.29, 1.82) is 0 Å². The van der Waals surface area contributed by atoms with Crippen LogP contribution < -0.4 is 0 Å². The van der Waals surface area contributed by atoms with E-state index >= 15 is 0 Å². The first-order chi connectivity index (χ1) is 10.1. The molecule has 1 aliphatic rings. The Kier molecular flexibility index (Phi) is 5.63. The fourth-order valence-corrected chi connectivity index (χ4v) is 3.64. The Bertz CT molecular complexity index is 486. The van der Waals surface area contributed by atoms with E-state index < -0.39 is 0 Å². The molecule has 3 heteroatoms. The van der Waals surface area contributed by atoms with E-state index in [4.69, 9.17) is 0 Å². The molecule has 0 N–H and O–H groups in total. The van der Waals surface area contributed by atoms with Crippen LogP contribution in [-0.4, -0.2) is 34.9 Å². The Morgan fingerprint density at radius 1 is 1.29 bits per heavy atom. The molecular weight excluding hydrogens is 260 g/mol. The van der Waals surface area contributed by atoms with Crippen LogP contribution in [0.3, 0.4) is 0 Å². The summed E-state index contributed by atoms with van der Waals surface area (Å²) in [5, 5.41) is 0. The van der Waals surface area contributed by atoms with Crippen LogP contribution in [-0.2, 0) is 6.42 Å². The Hall–Kier alpha value is -1.09. The van der Waals surface area contributed by atoms with E-state index in [-0.39, 0.29) is 0 Å². The van der Waals surface area contributed by atoms with Crippen LogP contribution in [0, 0.1) is 6.92 Å². The Balaban J connectivity index is 2.03. The minimum absolute atomic E-state index is 0.341. The molecule has 1 aliphatic carbocycles. The average molecular weight is 290 g/mol. The van der Waals surface area contributed by atoms with Gasteiger partial charge < -0.3 is 9.47 Å². The second kappa shape index (κ2) is 7.26. The maximum atomic E-state index is 12.0. The van der Waals surface area contributed by atoms with Crippen LogP contribution in [0.1, 0.15) is 74.2 Å². The molecule has 0 spiro atoms. The van der Waals surface area contributed by atoms with Crippen molar-refractivity contribution in [1.82, 2.24) is 9.47 Å². The molecule has 1 unspecified atom stereocenters. The van der Waals surface area contributed by atoms with Gasteiger partial charge in [-0.1, -0.05) is 13.8 Å². The number of aryl methyl sites for hydroxylation is 1. The Labute approximate surface area is 129 Å². The van der Waals surface area contributed by atoms with Crippen LogP contribution in [0.2, 0.25) is 0 Å². The number of ketones is 1. The topological polar surface area (TPSA) is 25.2 Å². The van der Waals surface area contributed by atoms with Gasteiger partial charge in [-0.15, -0.1) is 0 Å². The molecule has 21 heavy (non-hydrogen) atoms. The summed E-state index contributed by atoms with van der Waals surface area (Å²) in [5.74, 6) is 0.341. The van der Waals surface area contributed by atoms with E-state index in [2.05, 4.69) is 43.2 Å². The molecule has 0 radical (unpaired) electrons. The maximum absolute atomic E-state index is 12.0. The van der Waals surface area contributed by atoms with Gasteiger partial charge in [0.15, 0.2) is 5.78 Å². The summed E-state index contributed by atoms with van der Waals surface area (Å²) < 4.78 is 2.43. The zero-order valence-corrected chi connectivity index (χ0v) is 14.1. The molecule has 1 atom stereocenters. The van der Waals surface area contributed by atoms with Crippen LogP contribution >= 0.6 is 0 Å². The lowest BCUT2D eigenvalue weighted by Gasteiger charge is -2.23. The third-order valence-electron chi connectivity index (χ3n) is 4.88. The smallest absolute Gasteiger partial charge is 0.164 e. The van der Waals surface area contributed by atoms with E-state index in [0.29, 0.717) is 11.8 Å². The number of Topliss-reactive ketones (excluding diaryl/α,β-unsaturated/α-hetero) is 1. The minimum atomic E-state index is 0.341. The van der Waals surface area contributed by atoms with E-state index in [0.717, 1.165) is 37.9 Å². The number of fused-ring (bicyclic) bond motifs is 1. The van der Waals surface area contributed by atoms with Gasteiger partial charge in [0.25, 0.3) is 0 Å². The molecule has 0 aromatic carbocycles. The number of aromatic nitrogens is 1. The summed E-state index contributed by atoms with van der Waals surface area (Å²) in [7, 11) is 0. The highest BCUT2D eigenvalue weighted by Crippen LogP contribution is 2.29. The largest absolute Gasteiger partial charge is 0.345 e. The van der Waals surface area contributed by atoms with E-state index in [1.54, 1.807) is 0 Å². The SMILES string of the molecule is CCN(CC)CCCC(C)n1c(C)cc2c1CCCC2=O. The number of carbonyl (C=O) groups excluding carboxylic acids is 1. The molecular formula is C18H30N2O. The fraction of sp³-hybridized carbons (Fsp3) is 0.722. The number of hydrogen-bond acceptors (Lipinski definition) is 2. The van der Waals surface area contributed by atoms with Crippen molar-refractivity contribution < 1.29 is 4.79 Å². The molecule has 0 fully saturated rings. The van der Waals surface area contributed by atoms with Crippen LogP contribution in [0.25, 0.3) is 0 Å². The molecule has 0 aliphatic heterocycles. The number of rotatable bonds is 7. The monoisotopic (exact) mass is 290 g/mol. The number of hydrogen-bond donors (Lipinski definition) is 0. The van der Waals surface area contributed by atoms with E-state index in [1.807, 2.05) is 0 Å². The van der Waals surface area contributed by atoms with Crippen molar-refractivity contribution in [3.05, 3.63) is 23.0 Å². The van der Waals surface area contributed by atoms with Crippen molar-refractivity contribution in [3.8, 4) is 0 Å². The lowest BCUT2D eigenvalue weighted by Crippen LogP contribution is -2.24. The summed E-state index contributed by atoms with van der Waals surface area (Å²) in [6.45, 7) is 12.4. The first-order valence-electron chi connectivity index (χ1n) is 8.54. The highest BCUT2D eigenvalue weighted by Gasteiger charge is 2.24. The van der Waals surface area contributed by atoms with Gasteiger partial charge in [0.05, 0.1) is 0 Å². The molecule has 1 heterocycles. The molecule has 118 valence electrons. The first-order valence-corrected chi connectivity index (χ1v) is 8.54. The van der Waals surface area contributed by atoms with Crippen LogP contribution in [0.4, 0.5) is 0 Å². The maximum Gasteiger partial charge on any atom is 0.164 e. The normalized spacial score (nSPS) is 16.3. The van der Waals surface area contributed by atoms with Gasteiger partial charge in [-0.3, -0.25) is 4.79 Å². The lowest BCUT2D eigenvalue weighted by atomic mass is 9.96. The quantitative estimate of drug-likeness (QED) is 0.758. The molecule has 3 nitrogen and oxygen atoms in total.